The molecule has 1 aromatic heterocycles. The van der Waals surface area contributed by atoms with Crippen LogP contribution in [0.5, 0.6) is 5.75 Å². The number of hydrogen-bond donors (Lipinski definition) is 2. The molecule has 0 bridgehead atoms. The average molecular weight is 400 g/mol. The summed E-state index contributed by atoms with van der Waals surface area (Å²) in [6.07, 6.45) is 3.49. The summed E-state index contributed by atoms with van der Waals surface area (Å²) >= 11 is 0. The number of benzene rings is 1. The van der Waals surface area contributed by atoms with Gasteiger partial charge in [-0.1, -0.05) is 5.21 Å². The van der Waals surface area contributed by atoms with Crippen molar-refractivity contribution >= 4 is 24.0 Å². The number of carbonyl (C=O) groups is 1. The summed E-state index contributed by atoms with van der Waals surface area (Å²) in [5.41, 5.74) is 0.415. The van der Waals surface area contributed by atoms with Crippen LogP contribution in [0.25, 0.3) is 0 Å². The monoisotopic (exact) mass is 399 g/mol. The van der Waals surface area contributed by atoms with E-state index in [1.807, 2.05) is 0 Å². The molecular formula is C17H23ClFN5O3. The number of ether oxygens (including phenoxy) is 2. The molecular weight excluding hydrogens is 377 g/mol. The highest BCUT2D eigenvalue weighted by atomic mass is 35.5. The smallest absolute Gasteiger partial charge is 0.277 e. The molecule has 1 fully saturated rings. The van der Waals surface area contributed by atoms with Crippen LogP contribution in [-0.2, 0) is 4.74 Å². The molecule has 1 saturated heterocycles. The van der Waals surface area contributed by atoms with Gasteiger partial charge in [0.15, 0.2) is 5.69 Å². The molecule has 0 saturated carbocycles. The largest absolute Gasteiger partial charge is 0.489 e. The maximum Gasteiger partial charge on any atom is 0.277 e. The lowest BCUT2D eigenvalue weighted by Gasteiger charge is -2.22. The molecule has 2 heterocycles. The Kier molecular flexibility index (Phi) is 7.96. The minimum atomic E-state index is -0.474. The quantitative estimate of drug-likeness (QED) is 0.692. The van der Waals surface area contributed by atoms with Crippen molar-refractivity contribution in [2.45, 2.75) is 18.9 Å². The molecule has 0 spiro atoms. The van der Waals surface area contributed by atoms with Gasteiger partial charge in [0.05, 0.1) is 24.5 Å². The Hall–Kier alpha value is -2.23. The first kappa shape index (κ1) is 21.1. The first-order valence-electron chi connectivity index (χ1n) is 8.52. The van der Waals surface area contributed by atoms with Gasteiger partial charge in [0.2, 0.25) is 0 Å². The minimum absolute atomic E-state index is 0. The van der Waals surface area contributed by atoms with E-state index in [1.165, 1.54) is 18.2 Å². The number of piperidine rings is 1. The van der Waals surface area contributed by atoms with Gasteiger partial charge >= 0.3 is 0 Å². The number of nitrogens with zero attached hydrogens (tertiary/aromatic N) is 3. The molecule has 1 aliphatic rings. The fourth-order valence-electron chi connectivity index (χ4n) is 2.78. The maximum absolute atomic E-state index is 13.6. The molecule has 8 nitrogen and oxygen atoms in total. The van der Waals surface area contributed by atoms with Crippen LogP contribution in [0.4, 0.5) is 10.1 Å². The van der Waals surface area contributed by atoms with Crippen molar-refractivity contribution in [1.29, 1.82) is 0 Å². The summed E-state index contributed by atoms with van der Waals surface area (Å²) in [4.78, 5) is 12.5. The standard InChI is InChI=1S/C17H22FN5O3.ClH/c1-25-8-9-26-16-3-2-12(18)10-14(16)20-17(24)15-11-23(22-21-15)13-4-6-19-7-5-13;/h2-3,10-11,13,19H,4-9H2,1H3,(H,20,24);1H. The molecule has 2 N–H and O–H groups in total. The summed E-state index contributed by atoms with van der Waals surface area (Å²) in [6, 6.07) is 4.17. The molecule has 1 aliphatic heterocycles. The predicted octanol–water partition coefficient (Wildman–Crippen LogP) is 2.04. The molecule has 0 atom stereocenters. The SMILES string of the molecule is COCCOc1ccc(F)cc1NC(=O)c1cn(C2CCNCC2)nn1.Cl. The van der Waals surface area contributed by atoms with E-state index in [0.29, 0.717) is 12.4 Å². The van der Waals surface area contributed by atoms with Gasteiger partial charge in [-0.2, -0.15) is 0 Å². The lowest BCUT2D eigenvalue weighted by atomic mass is 10.1. The lowest BCUT2D eigenvalue weighted by Crippen LogP contribution is -2.29. The number of anilines is 1. The zero-order chi connectivity index (χ0) is 18.4. The van der Waals surface area contributed by atoms with Crippen LogP contribution in [0, 0.1) is 5.82 Å². The van der Waals surface area contributed by atoms with Crippen molar-refractivity contribution in [3.05, 3.63) is 35.9 Å². The molecule has 0 aliphatic carbocycles. The van der Waals surface area contributed by atoms with Crippen LogP contribution in [0.1, 0.15) is 29.4 Å². The summed E-state index contributed by atoms with van der Waals surface area (Å²) in [6.45, 7) is 2.50. The Labute approximate surface area is 162 Å². The third-order valence-corrected chi connectivity index (χ3v) is 4.16. The van der Waals surface area contributed by atoms with E-state index in [4.69, 9.17) is 9.47 Å². The van der Waals surface area contributed by atoms with Crippen molar-refractivity contribution in [1.82, 2.24) is 20.3 Å². The topological polar surface area (TPSA) is 90.3 Å². The van der Waals surface area contributed by atoms with E-state index in [1.54, 1.807) is 18.0 Å². The van der Waals surface area contributed by atoms with Crippen molar-refractivity contribution in [2.24, 2.45) is 0 Å². The number of aromatic nitrogens is 3. The average Bonchev–Trinajstić information content (AvgIpc) is 3.15. The third-order valence-electron chi connectivity index (χ3n) is 4.16. The highest BCUT2D eigenvalue weighted by Gasteiger charge is 2.19. The number of amides is 1. The third kappa shape index (κ3) is 5.62. The second kappa shape index (κ2) is 10.2. The summed E-state index contributed by atoms with van der Waals surface area (Å²) in [5, 5.41) is 13.9. The lowest BCUT2D eigenvalue weighted by molar-refractivity contribution is 0.102. The Morgan fingerprint density at radius 1 is 1.37 bits per heavy atom. The first-order valence-corrected chi connectivity index (χ1v) is 8.52. The van der Waals surface area contributed by atoms with Gasteiger partial charge in [-0.15, -0.1) is 17.5 Å². The molecule has 2 aromatic rings. The van der Waals surface area contributed by atoms with Crippen LogP contribution >= 0.6 is 12.4 Å². The second-order valence-electron chi connectivity index (χ2n) is 6.00. The van der Waals surface area contributed by atoms with E-state index >= 15 is 0 Å². The van der Waals surface area contributed by atoms with Crippen molar-refractivity contribution in [3.63, 3.8) is 0 Å². The van der Waals surface area contributed by atoms with Crippen LogP contribution in [0.3, 0.4) is 0 Å². The highest BCUT2D eigenvalue weighted by molar-refractivity contribution is 6.03. The molecule has 0 radical (unpaired) electrons. The Morgan fingerprint density at radius 2 is 2.15 bits per heavy atom. The molecule has 1 amide bonds. The number of rotatable bonds is 7. The van der Waals surface area contributed by atoms with E-state index < -0.39 is 11.7 Å². The minimum Gasteiger partial charge on any atom is -0.489 e. The predicted molar refractivity (Wildman–Crippen MR) is 100 cm³/mol. The van der Waals surface area contributed by atoms with E-state index in [9.17, 15) is 9.18 Å². The van der Waals surface area contributed by atoms with Crippen LogP contribution in [-0.4, -0.2) is 54.3 Å². The van der Waals surface area contributed by atoms with Crippen molar-refractivity contribution < 1.29 is 18.7 Å². The summed E-state index contributed by atoms with van der Waals surface area (Å²) in [7, 11) is 1.56. The van der Waals surface area contributed by atoms with Gasteiger partial charge in [0, 0.05) is 13.2 Å². The van der Waals surface area contributed by atoms with Crippen LogP contribution in [0.2, 0.25) is 0 Å². The van der Waals surface area contributed by atoms with Gasteiger partial charge in [-0.3, -0.25) is 4.79 Å². The van der Waals surface area contributed by atoms with E-state index in [2.05, 4.69) is 20.9 Å². The van der Waals surface area contributed by atoms with Gasteiger partial charge < -0.3 is 20.1 Å². The molecule has 10 heteroatoms. The van der Waals surface area contributed by atoms with Gasteiger partial charge in [0.25, 0.3) is 5.91 Å². The van der Waals surface area contributed by atoms with Crippen molar-refractivity contribution in [3.8, 4) is 5.75 Å². The second-order valence-corrected chi connectivity index (χ2v) is 6.00. The van der Waals surface area contributed by atoms with Crippen LogP contribution < -0.4 is 15.4 Å². The number of methoxy groups -OCH3 is 1. The fraction of sp³-hybridized carbons (Fsp3) is 0.471. The van der Waals surface area contributed by atoms with Gasteiger partial charge in [-0.25, -0.2) is 9.07 Å². The number of carbonyl (C=O) groups excluding carboxylic acids is 1. The molecule has 148 valence electrons. The first-order chi connectivity index (χ1) is 12.7. The van der Waals surface area contributed by atoms with E-state index in [-0.39, 0.29) is 36.4 Å². The summed E-state index contributed by atoms with van der Waals surface area (Å²) < 4.78 is 25.7. The Bertz CT molecular complexity index is 752. The van der Waals surface area contributed by atoms with E-state index in [0.717, 1.165) is 25.9 Å². The summed E-state index contributed by atoms with van der Waals surface area (Å²) in [5.74, 6) is -0.576. The molecule has 3 rings (SSSR count). The fourth-order valence-corrected chi connectivity index (χ4v) is 2.78. The molecule has 27 heavy (non-hydrogen) atoms. The number of nitrogens with one attached hydrogen (secondary N) is 2. The van der Waals surface area contributed by atoms with Crippen molar-refractivity contribution in [2.75, 3.05) is 38.7 Å². The maximum atomic E-state index is 13.6. The zero-order valence-electron chi connectivity index (χ0n) is 15.0. The zero-order valence-corrected chi connectivity index (χ0v) is 15.8. The van der Waals surface area contributed by atoms with Crippen LogP contribution in [0.15, 0.2) is 24.4 Å². The normalized spacial score (nSPS) is 14.4. The molecule has 1 aromatic carbocycles. The highest BCUT2D eigenvalue weighted by Crippen LogP contribution is 2.26. The number of hydrogen-bond acceptors (Lipinski definition) is 6. The Balaban J connectivity index is 0.00000261. The van der Waals surface area contributed by atoms with Gasteiger partial charge in [-0.05, 0) is 38.1 Å². The molecule has 0 unspecified atom stereocenters. The Morgan fingerprint density at radius 3 is 2.89 bits per heavy atom. The number of halogens is 2. The van der Waals surface area contributed by atoms with Gasteiger partial charge in [0.1, 0.15) is 18.2 Å².